The number of rotatable bonds is 10. The van der Waals surface area contributed by atoms with Crippen LogP contribution >= 0.6 is 0 Å². The highest BCUT2D eigenvalue weighted by Crippen LogP contribution is 2.19. The third-order valence-corrected chi connectivity index (χ3v) is 3.64. The molecule has 0 aromatic heterocycles. The molecule has 0 saturated heterocycles. The van der Waals surface area contributed by atoms with Crippen LogP contribution in [-0.4, -0.2) is 61.8 Å². The maximum Gasteiger partial charge on any atom is 0.303 e. The molecule has 170 valence electrons. The summed E-state index contributed by atoms with van der Waals surface area (Å²) in [7, 11) is 1.48. The van der Waals surface area contributed by atoms with Crippen molar-refractivity contribution in [2.24, 2.45) is 0 Å². The molecular weight excluding hydrogens is 414 g/mol. The lowest BCUT2D eigenvalue weighted by atomic mass is 10.1. The van der Waals surface area contributed by atoms with E-state index in [1.54, 1.807) is 12.1 Å². The zero-order valence-electron chi connectivity index (χ0n) is 17.8. The molecule has 0 radical (unpaired) electrons. The fourth-order valence-corrected chi connectivity index (χ4v) is 2.47. The van der Waals surface area contributed by atoms with Crippen molar-refractivity contribution in [2.75, 3.05) is 19.0 Å². The average Bonchev–Trinajstić information content (AvgIpc) is 2.67. The molecule has 1 aromatic rings. The van der Waals surface area contributed by atoms with Crippen LogP contribution in [0.3, 0.4) is 0 Å². The molecule has 11 heteroatoms. The van der Waals surface area contributed by atoms with Crippen molar-refractivity contribution in [1.29, 1.82) is 0 Å². The van der Waals surface area contributed by atoms with Gasteiger partial charge in [-0.3, -0.25) is 24.0 Å². The van der Waals surface area contributed by atoms with Crippen molar-refractivity contribution in [2.45, 2.75) is 46.0 Å². The number of nitrogens with one attached hydrogen (secondary N) is 1. The average molecular weight is 439 g/mol. The Morgan fingerprint density at radius 3 is 1.81 bits per heavy atom. The Labute approximate surface area is 178 Å². The standard InChI is InChI=1S/C20H25NO10/c1-11(22)28-10-17(29-12(2)23)18(30-13(3)24)19(31-14(4)25)20(26)21-15-6-8-16(27-5)9-7-15/h6-9,17-19H,10H2,1-5H3,(H,21,26)/t17-,18-,19+/m1/s1. The molecule has 1 rings (SSSR count). The lowest BCUT2D eigenvalue weighted by Crippen LogP contribution is -2.52. The van der Waals surface area contributed by atoms with Gasteiger partial charge in [0.15, 0.2) is 12.2 Å². The quantitative estimate of drug-likeness (QED) is 0.414. The molecule has 11 nitrogen and oxygen atoms in total. The summed E-state index contributed by atoms with van der Waals surface area (Å²) in [6.07, 6.45) is -4.73. The number of hydrogen-bond acceptors (Lipinski definition) is 10. The number of methoxy groups -OCH3 is 1. The predicted molar refractivity (Wildman–Crippen MR) is 105 cm³/mol. The van der Waals surface area contributed by atoms with E-state index in [-0.39, 0.29) is 0 Å². The molecule has 0 unspecified atom stereocenters. The highest BCUT2D eigenvalue weighted by Gasteiger charge is 2.42. The maximum atomic E-state index is 12.9. The monoisotopic (exact) mass is 439 g/mol. The number of anilines is 1. The van der Waals surface area contributed by atoms with Gasteiger partial charge in [-0.05, 0) is 24.3 Å². The molecule has 0 aliphatic rings. The van der Waals surface area contributed by atoms with Crippen LogP contribution in [0.4, 0.5) is 5.69 Å². The summed E-state index contributed by atoms with van der Waals surface area (Å²) in [5.41, 5.74) is 0.327. The zero-order chi connectivity index (χ0) is 23.6. The fourth-order valence-electron chi connectivity index (χ4n) is 2.47. The summed E-state index contributed by atoms with van der Waals surface area (Å²) < 4.78 is 25.2. The normalized spacial score (nSPS) is 13.1. The summed E-state index contributed by atoms with van der Waals surface area (Å²) in [6.45, 7) is 3.75. The SMILES string of the molecule is COc1ccc(NC(=O)[C@@H](OC(C)=O)[C@H](OC(C)=O)[C@@H](COC(C)=O)OC(C)=O)cc1. The van der Waals surface area contributed by atoms with Gasteiger partial charge < -0.3 is 29.0 Å². The first-order chi connectivity index (χ1) is 14.5. The first kappa shape index (κ1) is 25.4. The lowest BCUT2D eigenvalue weighted by Gasteiger charge is -2.30. The molecule has 1 amide bonds. The Kier molecular flexibility index (Phi) is 9.96. The molecule has 31 heavy (non-hydrogen) atoms. The van der Waals surface area contributed by atoms with E-state index in [1.165, 1.54) is 19.2 Å². The van der Waals surface area contributed by atoms with Gasteiger partial charge in [-0.15, -0.1) is 0 Å². The molecule has 0 fully saturated rings. The number of esters is 4. The number of ether oxygens (including phenoxy) is 5. The van der Waals surface area contributed by atoms with Crippen molar-refractivity contribution in [1.82, 2.24) is 0 Å². The highest BCUT2D eigenvalue weighted by molar-refractivity contribution is 5.96. The van der Waals surface area contributed by atoms with Crippen LogP contribution in [-0.2, 0) is 42.9 Å². The van der Waals surface area contributed by atoms with Gasteiger partial charge in [0.25, 0.3) is 5.91 Å². The van der Waals surface area contributed by atoms with Gasteiger partial charge in [0.1, 0.15) is 12.4 Å². The van der Waals surface area contributed by atoms with Crippen LogP contribution in [0.5, 0.6) is 5.75 Å². The third-order valence-electron chi connectivity index (χ3n) is 3.64. The van der Waals surface area contributed by atoms with E-state index in [4.69, 9.17) is 23.7 Å². The summed E-state index contributed by atoms with van der Waals surface area (Å²) in [4.78, 5) is 58.9. The van der Waals surface area contributed by atoms with E-state index >= 15 is 0 Å². The van der Waals surface area contributed by atoms with Gasteiger partial charge in [-0.1, -0.05) is 0 Å². The summed E-state index contributed by atoms with van der Waals surface area (Å²) in [6, 6.07) is 6.24. The highest BCUT2D eigenvalue weighted by atomic mass is 16.6. The second-order valence-electron chi connectivity index (χ2n) is 6.27. The van der Waals surface area contributed by atoms with E-state index in [1.807, 2.05) is 0 Å². The van der Waals surface area contributed by atoms with E-state index < -0.39 is 54.7 Å². The number of hydrogen-bond donors (Lipinski definition) is 1. The van der Waals surface area contributed by atoms with Gasteiger partial charge in [0, 0.05) is 33.4 Å². The van der Waals surface area contributed by atoms with Crippen LogP contribution < -0.4 is 10.1 Å². The Balaban J connectivity index is 3.25. The number of carbonyl (C=O) groups is 5. The van der Waals surface area contributed by atoms with E-state index in [2.05, 4.69) is 5.32 Å². The van der Waals surface area contributed by atoms with Gasteiger partial charge in [0.05, 0.1) is 7.11 Å². The Morgan fingerprint density at radius 1 is 0.806 bits per heavy atom. The number of carbonyl (C=O) groups excluding carboxylic acids is 5. The maximum absolute atomic E-state index is 12.9. The van der Waals surface area contributed by atoms with Gasteiger partial charge in [-0.2, -0.15) is 0 Å². The predicted octanol–water partition coefficient (Wildman–Crippen LogP) is 0.992. The van der Waals surface area contributed by atoms with E-state index in [0.29, 0.717) is 11.4 Å². The van der Waals surface area contributed by atoms with Crippen molar-refractivity contribution in [3.8, 4) is 5.75 Å². The molecule has 1 aromatic carbocycles. The van der Waals surface area contributed by atoms with Crippen LogP contribution in [0.2, 0.25) is 0 Å². The van der Waals surface area contributed by atoms with Crippen molar-refractivity contribution < 1.29 is 47.7 Å². The molecule has 0 aliphatic carbocycles. The van der Waals surface area contributed by atoms with Crippen LogP contribution in [0.25, 0.3) is 0 Å². The minimum atomic E-state index is -1.72. The molecule has 0 heterocycles. The summed E-state index contributed by atoms with van der Waals surface area (Å²) >= 11 is 0. The minimum Gasteiger partial charge on any atom is -0.497 e. The largest absolute Gasteiger partial charge is 0.497 e. The first-order valence-electron chi connectivity index (χ1n) is 9.13. The van der Waals surface area contributed by atoms with Crippen molar-refractivity contribution >= 4 is 35.5 Å². The van der Waals surface area contributed by atoms with Crippen LogP contribution in [0.15, 0.2) is 24.3 Å². The fraction of sp³-hybridized carbons (Fsp3) is 0.450. The Hall–Kier alpha value is -3.63. The zero-order valence-corrected chi connectivity index (χ0v) is 17.8. The second-order valence-corrected chi connectivity index (χ2v) is 6.27. The van der Waals surface area contributed by atoms with Crippen molar-refractivity contribution in [3.05, 3.63) is 24.3 Å². The molecular formula is C20H25NO10. The van der Waals surface area contributed by atoms with Crippen LogP contribution in [0, 0.1) is 0 Å². The number of benzene rings is 1. The second kappa shape index (κ2) is 12.2. The first-order valence-corrected chi connectivity index (χ1v) is 9.13. The molecule has 0 spiro atoms. The topological polar surface area (TPSA) is 144 Å². The lowest BCUT2D eigenvalue weighted by molar-refractivity contribution is -0.190. The van der Waals surface area contributed by atoms with Gasteiger partial charge >= 0.3 is 23.9 Å². The molecule has 0 aliphatic heterocycles. The number of amides is 1. The van der Waals surface area contributed by atoms with Crippen molar-refractivity contribution in [3.63, 3.8) is 0 Å². The Bertz CT molecular complexity index is 805. The van der Waals surface area contributed by atoms with Gasteiger partial charge in [-0.25, -0.2) is 0 Å². The summed E-state index contributed by atoms with van der Waals surface area (Å²) in [5.74, 6) is -3.53. The molecule has 1 N–H and O–H groups in total. The molecule has 3 atom stereocenters. The van der Waals surface area contributed by atoms with E-state index in [9.17, 15) is 24.0 Å². The summed E-state index contributed by atoms with van der Waals surface area (Å²) in [5, 5.41) is 2.51. The van der Waals surface area contributed by atoms with Gasteiger partial charge in [0.2, 0.25) is 6.10 Å². The van der Waals surface area contributed by atoms with Crippen LogP contribution in [0.1, 0.15) is 27.7 Å². The minimum absolute atomic E-state index is 0.327. The third kappa shape index (κ3) is 9.15. The molecule has 0 saturated carbocycles. The molecule has 0 bridgehead atoms. The smallest absolute Gasteiger partial charge is 0.303 e. The van der Waals surface area contributed by atoms with E-state index in [0.717, 1.165) is 27.7 Å². The Morgan fingerprint density at radius 2 is 1.35 bits per heavy atom.